The number of halogens is 1. The molecule has 2 aliphatic rings. The number of nitrogens with one attached hydrogen (secondary N) is 1. The molecule has 2 aliphatic heterocycles. The molecule has 0 saturated carbocycles. The van der Waals surface area contributed by atoms with Crippen LogP contribution in [-0.4, -0.2) is 25.3 Å². The van der Waals surface area contributed by atoms with Crippen LogP contribution in [-0.2, 0) is 11.2 Å². The second-order valence-corrected chi connectivity index (χ2v) is 6.88. The topological polar surface area (TPSA) is 21.3 Å². The average molecular weight is 272 g/mol. The van der Waals surface area contributed by atoms with Crippen molar-refractivity contribution in [1.82, 2.24) is 5.32 Å². The van der Waals surface area contributed by atoms with E-state index in [0.717, 1.165) is 10.8 Å². The molecule has 1 aromatic rings. The van der Waals surface area contributed by atoms with Crippen molar-refractivity contribution < 1.29 is 4.74 Å². The van der Waals surface area contributed by atoms with Crippen molar-refractivity contribution in [3.05, 3.63) is 21.3 Å². The lowest BCUT2D eigenvalue weighted by atomic mass is 9.82. The van der Waals surface area contributed by atoms with Crippen molar-refractivity contribution in [1.29, 1.82) is 0 Å². The number of hydrogen-bond donors (Lipinski definition) is 1. The van der Waals surface area contributed by atoms with Crippen LogP contribution in [0.4, 0.5) is 0 Å². The summed E-state index contributed by atoms with van der Waals surface area (Å²) in [4.78, 5) is 1.37. The van der Waals surface area contributed by atoms with Crippen molar-refractivity contribution in [3.63, 3.8) is 0 Å². The molecule has 0 amide bonds. The van der Waals surface area contributed by atoms with Crippen LogP contribution in [0.25, 0.3) is 0 Å². The van der Waals surface area contributed by atoms with E-state index in [4.69, 9.17) is 16.3 Å². The van der Waals surface area contributed by atoms with Gasteiger partial charge in [-0.25, -0.2) is 0 Å². The first-order chi connectivity index (χ1) is 8.26. The zero-order chi connectivity index (χ0) is 11.8. The number of likely N-dealkylation sites (N-methyl/N-ethyl adjacent to an activating group) is 1. The molecule has 1 N–H and O–H groups in total. The van der Waals surface area contributed by atoms with Gasteiger partial charge >= 0.3 is 0 Å². The molecule has 0 aliphatic carbocycles. The maximum Gasteiger partial charge on any atom is 0.0931 e. The predicted octanol–water partition coefficient (Wildman–Crippen LogP) is 3.10. The average Bonchev–Trinajstić information content (AvgIpc) is 3.01. The van der Waals surface area contributed by atoms with Crippen molar-refractivity contribution in [2.75, 3.05) is 7.05 Å². The molecule has 2 fully saturated rings. The summed E-state index contributed by atoms with van der Waals surface area (Å²) >= 11 is 7.68. The highest BCUT2D eigenvalue weighted by Crippen LogP contribution is 2.41. The van der Waals surface area contributed by atoms with Gasteiger partial charge in [-0.05, 0) is 44.9 Å². The standard InChI is InChI=1S/C13H18ClNOS/c1-15-11(7-9-3-5-13(14)17-9)10-6-8-2-4-12(10)16-8/h3,5,8,10-12,15H,2,4,6-7H2,1H3. The highest BCUT2D eigenvalue weighted by atomic mass is 35.5. The first-order valence-corrected chi connectivity index (χ1v) is 7.52. The van der Waals surface area contributed by atoms with E-state index < -0.39 is 0 Å². The summed E-state index contributed by atoms with van der Waals surface area (Å²) in [5.41, 5.74) is 0. The zero-order valence-electron chi connectivity index (χ0n) is 9.99. The molecule has 0 spiro atoms. The first-order valence-electron chi connectivity index (χ1n) is 6.33. The molecular formula is C13H18ClNOS. The Morgan fingerprint density at radius 2 is 2.41 bits per heavy atom. The minimum absolute atomic E-state index is 0.493. The van der Waals surface area contributed by atoms with Gasteiger partial charge < -0.3 is 10.1 Å². The fourth-order valence-corrected chi connectivity index (χ4v) is 4.39. The van der Waals surface area contributed by atoms with E-state index in [-0.39, 0.29) is 0 Å². The largest absolute Gasteiger partial charge is 0.375 e. The lowest BCUT2D eigenvalue weighted by molar-refractivity contribution is 0.0864. The van der Waals surface area contributed by atoms with Crippen molar-refractivity contribution >= 4 is 22.9 Å². The Morgan fingerprint density at radius 3 is 2.94 bits per heavy atom. The summed E-state index contributed by atoms with van der Waals surface area (Å²) in [6, 6.07) is 4.66. The molecule has 3 rings (SSSR count). The number of fused-ring (bicyclic) bond motifs is 2. The molecule has 0 aromatic carbocycles. The highest BCUT2D eigenvalue weighted by Gasteiger charge is 2.43. The highest BCUT2D eigenvalue weighted by molar-refractivity contribution is 7.16. The Morgan fingerprint density at radius 1 is 1.53 bits per heavy atom. The second kappa shape index (κ2) is 4.88. The summed E-state index contributed by atoms with van der Waals surface area (Å²) < 4.78 is 6.84. The molecule has 2 nitrogen and oxygen atoms in total. The monoisotopic (exact) mass is 271 g/mol. The van der Waals surface area contributed by atoms with Crippen LogP contribution in [0.5, 0.6) is 0 Å². The van der Waals surface area contributed by atoms with Gasteiger partial charge in [-0.1, -0.05) is 11.6 Å². The van der Waals surface area contributed by atoms with Crippen molar-refractivity contribution in [2.45, 2.75) is 43.9 Å². The Hall–Kier alpha value is -0.0900. The first kappa shape index (κ1) is 12.0. The van der Waals surface area contributed by atoms with E-state index in [1.54, 1.807) is 11.3 Å². The molecule has 1 aromatic heterocycles. The van der Waals surface area contributed by atoms with Crippen LogP contribution in [0.2, 0.25) is 4.34 Å². The summed E-state index contributed by atoms with van der Waals surface area (Å²) in [5, 5.41) is 3.47. The number of rotatable bonds is 4. The minimum Gasteiger partial charge on any atom is -0.375 e. The van der Waals surface area contributed by atoms with E-state index in [2.05, 4.69) is 18.4 Å². The molecule has 0 radical (unpaired) electrons. The van der Waals surface area contributed by atoms with Crippen molar-refractivity contribution in [3.8, 4) is 0 Å². The fraction of sp³-hybridized carbons (Fsp3) is 0.692. The van der Waals surface area contributed by atoms with Crippen LogP contribution in [0, 0.1) is 5.92 Å². The van der Waals surface area contributed by atoms with Crippen molar-refractivity contribution in [2.24, 2.45) is 5.92 Å². The number of ether oxygens (including phenoxy) is 1. The lowest BCUT2D eigenvalue weighted by Gasteiger charge is -2.27. The van der Waals surface area contributed by atoms with Gasteiger partial charge in [0, 0.05) is 16.8 Å². The Balaban J connectivity index is 1.67. The van der Waals surface area contributed by atoms with E-state index >= 15 is 0 Å². The van der Waals surface area contributed by atoms with Gasteiger partial charge in [0.25, 0.3) is 0 Å². The molecule has 2 saturated heterocycles. The van der Waals surface area contributed by atoms with Gasteiger partial charge in [-0.2, -0.15) is 0 Å². The number of hydrogen-bond acceptors (Lipinski definition) is 3. The van der Waals surface area contributed by atoms with Crippen LogP contribution in [0.3, 0.4) is 0 Å². The van der Waals surface area contributed by atoms with Crippen LogP contribution < -0.4 is 5.32 Å². The van der Waals surface area contributed by atoms with Gasteiger partial charge in [0.05, 0.1) is 16.5 Å². The van der Waals surface area contributed by atoms with E-state index in [9.17, 15) is 0 Å². The van der Waals surface area contributed by atoms with Gasteiger partial charge in [0.1, 0.15) is 0 Å². The molecule has 94 valence electrons. The zero-order valence-corrected chi connectivity index (χ0v) is 11.6. The van der Waals surface area contributed by atoms with Crippen LogP contribution in [0.15, 0.2) is 12.1 Å². The lowest BCUT2D eigenvalue weighted by Crippen LogP contribution is -2.40. The maximum absolute atomic E-state index is 5.98. The fourth-order valence-electron chi connectivity index (χ4n) is 3.25. The summed E-state index contributed by atoms with van der Waals surface area (Å²) in [6.07, 6.45) is 5.85. The maximum atomic E-state index is 5.98. The number of thiophene rings is 1. The van der Waals surface area contributed by atoms with Gasteiger partial charge in [0.15, 0.2) is 0 Å². The van der Waals surface area contributed by atoms with Crippen LogP contribution in [0.1, 0.15) is 24.1 Å². The molecule has 4 atom stereocenters. The molecule has 2 bridgehead atoms. The van der Waals surface area contributed by atoms with Gasteiger partial charge in [-0.15, -0.1) is 11.3 Å². The molecule has 17 heavy (non-hydrogen) atoms. The predicted molar refractivity (Wildman–Crippen MR) is 71.9 cm³/mol. The normalized spacial score (nSPS) is 33.2. The summed E-state index contributed by atoms with van der Waals surface area (Å²) in [6.45, 7) is 0. The molecule has 4 unspecified atom stereocenters. The molecular weight excluding hydrogens is 254 g/mol. The Kier molecular flexibility index (Phi) is 3.44. The van der Waals surface area contributed by atoms with Gasteiger partial charge in [0.2, 0.25) is 0 Å². The smallest absolute Gasteiger partial charge is 0.0931 e. The SMILES string of the molecule is CNC(Cc1ccc(Cl)s1)C1CC2CCC1O2. The molecule has 3 heterocycles. The van der Waals surface area contributed by atoms with E-state index in [1.165, 1.54) is 24.1 Å². The summed E-state index contributed by atoms with van der Waals surface area (Å²) in [7, 11) is 2.06. The quantitative estimate of drug-likeness (QED) is 0.909. The van der Waals surface area contributed by atoms with E-state index in [1.807, 2.05) is 6.07 Å². The third kappa shape index (κ3) is 2.39. The van der Waals surface area contributed by atoms with Gasteiger partial charge in [-0.3, -0.25) is 0 Å². The Bertz CT molecular complexity index is 395. The Labute approximate surface area is 111 Å². The van der Waals surface area contributed by atoms with E-state index in [0.29, 0.717) is 24.2 Å². The van der Waals surface area contributed by atoms with Crippen LogP contribution >= 0.6 is 22.9 Å². The third-order valence-corrected chi connectivity index (χ3v) is 5.34. The minimum atomic E-state index is 0.493. The third-order valence-electron chi connectivity index (χ3n) is 4.09. The second-order valence-electron chi connectivity index (χ2n) is 5.08. The summed E-state index contributed by atoms with van der Waals surface area (Å²) in [5.74, 6) is 0.680. The molecule has 4 heteroatoms.